The van der Waals surface area contributed by atoms with Crippen LogP contribution in [0.4, 0.5) is 11.4 Å². The maximum absolute atomic E-state index is 11.9. The average Bonchev–Trinajstić information content (AvgIpc) is 2.46. The number of methoxy groups -OCH3 is 1. The lowest BCUT2D eigenvalue weighted by Gasteiger charge is -2.35. The number of nitrogens with zero attached hydrogens (tertiary/aromatic N) is 2. The van der Waals surface area contributed by atoms with Gasteiger partial charge in [0.05, 0.1) is 12.0 Å². The highest BCUT2D eigenvalue weighted by Gasteiger charge is 2.33. The van der Waals surface area contributed by atoms with Gasteiger partial charge in [0.2, 0.25) is 0 Å². The zero-order chi connectivity index (χ0) is 14.7. The average molecular weight is 390 g/mol. The van der Waals surface area contributed by atoms with Crippen LogP contribution >= 0.6 is 22.6 Å². The fourth-order valence-electron chi connectivity index (χ4n) is 2.49. The fourth-order valence-corrected chi connectivity index (χ4v) is 2.96. The molecule has 7 heteroatoms. The van der Waals surface area contributed by atoms with Crippen molar-refractivity contribution in [2.45, 2.75) is 25.3 Å². The molecule has 1 aromatic rings. The molecule has 1 unspecified atom stereocenters. The number of anilines is 1. The van der Waals surface area contributed by atoms with Gasteiger partial charge in [0.1, 0.15) is 11.7 Å². The molecule has 0 aromatic heterocycles. The van der Waals surface area contributed by atoms with Crippen molar-refractivity contribution in [2.24, 2.45) is 0 Å². The maximum Gasteiger partial charge on any atom is 0.328 e. The number of carbonyl (C=O) groups excluding carboxylic acids is 1. The molecule has 0 N–H and O–H groups in total. The highest BCUT2D eigenvalue weighted by Crippen LogP contribution is 2.34. The van der Waals surface area contributed by atoms with E-state index in [1.54, 1.807) is 11.0 Å². The van der Waals surface area contributed by atoms with Crippen molar-refractivity contribution in [2.75, 3.05) is 18.6 Å². The summed E-state index contributed by atoms with van der Waals surface area (Å²) in [6, 6.07) is 4.61. The third kappa shape index (κ3) is 3.02. The summed E-state index contributed by atoms with van der Waals surface area (Å²) in [5.41, 5.74) is 0.526. The van der Waals surface area contributed by atoms with E-state index in [1.165, 1.54) is 13.2 Å². The van der Waals surface area contributed by atoms with Gasteiger partial charge in [-0.15, -0.1) is 0 Å². The van der Waals surface area contributed by atoms with Crippen LogP contribution in [0.3, 0.4) is 0 Å². The van der Waals surface area contributed by atoms with Gasteiger partial charge in [-0.1, -0.05) is 0 Å². The van der Waals surface area contributed by atoms with Crippen LogP contribution in [-0.2, 0) is 9.53 Å². The first kappa shape index (κ1) is 15.0. The molecule has 0 amide bonds. The number of rotatable bonds is 3. The number of ether oxygens (including phenoxy) is 1. The lowest BCUT2D eigenvalue weighted by atomic mass is 10.0. The van der Waals surface area contributed by atoms with E-state index in [4.69, 9.17) is 4.74 Å². The van der Waals surface area contributed by atoms with Crippen LogP contribution in [-0.4, -0.2) is 30.6 Å². The molecule has 1 fully saturated rings. The summed E-state index contributed by atoms with van der Waals surface area (Å²) in [5, 5.41) is 11.2. The third-order valence-electron chi connectivity index (χ3n) is 3.42. The molecule has 1 aliphatic heterocycles. The van der Waals surface area contributed by atoms with Crippen LogP contribution < -0.4 is 4.90 Å². The molecule has 1 atom stereocenters. The Balaban J connectivity index is 2.42. The number of piperidine rings is 1. The van der Waals surface area contributed by atoms with Gasteiger partial charge in [0, 0.05) is 16.2 Å². The maximum atomic E-state index is 11.9. The molecule has 0 saturated carbocycles. The van der Waals surface area contributed by atoms with Gasteiger partial charge in [-0.05, 0) is 54.0 Å². The van der Waals surface area contributed by atoms with Crippen LogP contribution in [0.2, 0.25) is 0 Å². The summed E-state index contributed by atoms with van der Waals surface area (Å²) in [4.78, 5) is 24.5. The Labute approximate surface area is 130 Å². The van der Waals surface area contributed by atoms with E-state index in [-0.39, 0.29) is 11.7 Å². The molecule has 0 radical (unpaired) electrons. The van der Waals surface area contributed by atoms with E-state index in [9.17, 15) is 14.9 Å². The molecule has 0 aliphatic carbocycles. The van der Waals surface area contributed by atoms with Crippen LogP contribution in [0, 0.1) is 13.7 Å². The molecular formula is C13H15IN2O4. The second-order valence-corrected chi connectivity index (χ2v) is 5.86. The zero-order valence-corrected chi connectivity index (χ0v) is 13.2. The van der Waals surface area contributed by atoms with E-state index in [2.05, 4.69) is 0 Å². The highest BCUT2D eigenvalue weighted by molar-refractivity contribution is 14.1. The second-order valence-electron chi connectivity index (χ2n) is 4.62. The molecule has 1 heterocycles. The van der Waals surface area contributed by atoms with Crippen LogP contribution in [0.1, 0.15) is 19.3 Å². The zero-order valence-electron chi connectivity index (χ0n) is 11.0. The largest absolute Gasteiger partial charge is 0.467 e. The normalized spacial score (nSPS) is 18.7. The van der Waals surface area contributed by atoms with Crippen molar-refractivity contribution in [1.29, 1.82) is 0 Å². The number of hydrogen-bond donors (Lipinski definition) is 0. The quantitative estimate of drug-likeness (QED) is 0.344. The summed E-state index contributed by atoms with van der Waals surface area (Å²) < 4.78 is 5.61. The molecule has 0 spiro atoms. The monoisotopic (exact) mass is 390 g/mol. The Bertz CT molecular complexity index is 535. The summed E-state index contributed by atoms with van der Waals surface area (Å²) in [6.07, 6.45) is 2.50. The van der Waals surface area contributed by atoms with Crippen LogP contribution in [0.5, 0.6) is 0 Å². The van der Waals surface area contributed by atoms with Crippen molar-refractivity contribution < 1.29 is 14.5 Å². The lowest BCUT2D eigenvalue weighted by Crippen LogP contribution is -2.45. The molecule has 6 nitrogen and oxygen atoms in total. The van der Waals surface area contributed by atoms with E-state index >= 15 is 0 Å². The predicted molar refractivity (Wildman–Crippen MR) is 82.8 cm³/mol. The van der Waals surface area contributed by atoms with Crippen molar-refractivity contribution in [3.8, 4) is 0 Å². The van der Waals surface area contributed by atoms with Gasteiger partial charge in [-0.2, -0.15) is 0 Å². The Hall–Kier alpha value is -1.38. The third-order valence-corrected chi connectivity index (χ3v) is 4.09. The molecule has 1 aromatic carbocycles. The van der Waals surface area contributed by atoms with Gasteiger partial charge >= 0.3 is 5.97 Å². The Morgan fingerprint density at radius 3 is 2.90 bits per heavy atom. The molecule has 108 valence electrons. The lowest BCUT2D eigenvalue weighted by molar-refractivity contribution is -0.384. The molecule has 1 aliphatic rings. The molecule has 0 bridgehead atoms. The summed E-state index contributed by atoms with van der Waals surface area (Å²) in [7, 11) is 1.34. The fraction of sp³-hybridized carbons (Fsp3) is 0.462. The molecule has 1 saturated heterocycles. The highest BCUT2D eigenvalue weighted by atomic mass is 127. The van der Waals surface area contributed by atoms with Gasteiger partial charge in [0.25, 0.3) is 5.69 Å². The van der Waals surface area contributed by atoms with Crippen molar-refractivity contribution in [3.63, 3.8) is 0 Å². The van der Waals surface area contributed by atoms with Gasteiger partial charge < -0.3 is 9.64 Å². The molecule has 2 rings (SSSR count). The summed E-state index contributed by atoms with van der Waals surface area (Å²) >= 11 is 2.04. The standard InChI is InChI=1S/C13H15IN2O4/c1-20-13(17)11-4-2-3-7-15(11)10-6-5-9(14)8-12(10)16(18)19/h5-6,8,11H,2-4,7H2,1H3. The van der Waals surface area contributed by atoms with Gasteiger partial charge in [0.15, 0.2) is 0 Å². The topological polar surface area (TPSA) is 72.7 Å². The Kier molecular flexibility index (Phi) is 4.79. The van der Waals surface area contributed by atoms with Crippen molar-refractivity contribution in [1.82, 2.24) is 0 Å². The van der Waals surface area contributed by atoms with Gasteiger partial charge in [-0.25, -0.2) is 4.79 Å². The first-order chi connectivity index (χ1) is 9.54. The van der Waals surface area contributed by atoms with Crippen molar-refractivity contribution >= 4 is 39.9 Å². The van der Waals surface area contributed by atoms with E-state index < -0.39 is 11.0 Å². The van der Waals surface area contributed by atoms with Gasteiger partial charge in [-0.3, -0.25) is 10.1 Å². The SMILES string of the molecule is COC(=O)C1CCCCN1c1ccc(I)cc1[N+](=O)[O-]. The number of nitro benzene ring substituents is 1. The minimum Gasteiger partial charge on any atom is -0.467 e. The number of hydrogen-bond acceptors (Lipinski definition) is 5. The van der Waals surface area contributed by atoms with Crippen LogP contribution in [0.15, 0.2) is 18.2 Å². The van der Waals surface area contributed by atoms with Crippen molar-refractivity contribution in [3.05, 3.63) is 31.9 Å². The minimum atomic E-state index is -0.437. The number of carbonyl (C=O) groups is 1. The molecule has 20 heavy (non-hydrogen) atoms. The molecular weight excluding hydrogens is 375 g/mol. The number of nitro groups is 1. The summed E-state index contributed by atoms with van der Waals surface area (Å²) in [5.74, 6) is -0.336. The van der Waals surface area contributed by atoms with Crippen LogP contribution in [0.25, 0.3) is 0 Å². The van der Waals surface area contributed by atoms with E-state index in [0.29, 0.717) is 18.7 Å². The second kappa shape index (κ2) is 6.38. The first-order valence-electron chi connectivity index (χ1n) is 6.33. The number of benzene rings is 1. The smallest absolute Gasteiger partial charge is 0.328 e. The summed E-state index contributed by atoms with van der Waals surface area (Å²) in [6.45, 7) is 0.626. The number of esters is 1. The van der Waals surface area contributed by atoms with E-state index in [0.717, 1.165) is 16.4 Å². The van der Waals surface area contributed by atoms with E-state index in [1.807, 2.05) is 28.7 Å². The predicted octanol–water partition coefficient (Wildman–Crippen LogP) is 2.73. The Morgan fingerprint density at radius 2 is 2.25 bits per heavy atom. The first-order valence-corrected chi connectivity index (χ1v) is 7.41. The Morgan fingerprint density at radius 1 is 1.50 bits per heavy atom. The number of halogens is 1. The minimum absolute atomic E-state index is 0.0349.